The summed E-state index contributed by atoms with van der Waals surface area (Å²) in [6.45, 7) is 9.83. The lowest BCUT2D eigenvalue weighted by atomic mass is 9.57. The van der Waals surface area contributed by atoms with Crippen molar-refractivity contribution < 1.29 is 19.7 Å². The number of rotatable bonds is 2. The number of aromatic hydroxyl groups is 1. The molecule has 1 aliphatic carbocycles. The highest BCUT2D eigenvalue weighted by molar-refractivity contribution is 5.83. The predicted molar refractivity (Wildman–Crippen MR) is 88.1 cm³/mol. The van der Waals surface area contributed by atoms with Crippen LogP contribution >= 0.6 is 0 Å². The van der Waals surface area contributed by atoms with Crippen molar-refractivity contribution >= 4 is 6.29 Å². The average molecular weight is 318 g/mol. The summed E-state index contributed by atoms with van der Waals surface area (Å²) in [6.07, 6.45) is 3.31. The Bertz CT molecular complexity index is 676. The van der Waals surface area contributed by atoms with E-state index in [9.17, 15) is 15.0 Å². The fourth-order valence-electron chi connectivity index (χ4n) is 4.55. The molecule has 2 N–H and O–H groups in total. The number of aldehydes is 1. The highest BCUT2D eigenvalue weighted by Crippen LogP contribution is 2.64. The molecule has 2 atom stereocenters. The topological polar surface area (TPSA) is 66.8 Å². The van der Waals surface area contributed by atoms with Crippen molar-refractivity contribution in [3.8, 4) is 11.5 Å². The lowest BCUT2D eigenvalue weighted by molar-refractivity contribution is -0.257. The Hall–Kier alpha value is -1.55. The summed E-state index contributed by atoms with van der Waals surface area (Å²) in [4.78, 5) is 11.7. The molecule has 1 aromatic carbocycles. The van der Waals surface area contributed by atoms with Crippen LogP contribution in [0.2, 0.25) is 0 Å². The number of phenolic OH excluding ortho intramolecular Hbond substituents is 1. The molecule has 0 spiro atoms. The van der Waals surface area contributed by atoms with Crippen LogP contribution in [0.15, 0.2) is 6.07 Å². The molecule has 0 aromatic heterocycles. The first-order chi connectivity index (χ1) is 10.6. The van der Waals surface area contributed by atoms with Crippen LogP contribution in [0, 0.1) is 5.41 Å². The summed E-state index contributed by atoms with van der Waals surface area (Å²) in [5, 5.41) is 22.1. The van der Waals surface area contributed by atoms with Gasteiger partial charge >= 0.3 is 0 Å². The van der Waals surface area contributed by atoms with E-state index in [0.717, 1.165) is 25.5 Å². The van der Waals surface area contributed by atoms with E-state index in [1.807, 2.05) is 34.6 Å². The molecule has 23 heavy (non-hydrogen) atoms. The van der Waals surface area contributed by atoms with Crippen molar-refractivity contribution in [1.82, 2.24) is 0 Å². The van der Waals surface area contributed by atoms with E-state index in [2.05, 4.69) is 0 Å². The highest BCUT2D eigenvalue weighted by atomic mass is 16.6. The number of carbonyl (C=O) groups excluding carboxylic acids is 1. The number of hydrogen-bond donors (Lipinski definition) is 2. The lowest BCUT2D eigenvalue weighted by Gasteiger charge is -2.52. The smallest absolute Gasteiger partial charge is 0.223 e. The first kappa shape index (κ1) is 16.3. The van der Waals surface area contributed by atoms with Gasteiger partial charge in [0, 0.05) is 22.1 Å². The van der Waals surface area contributed by atoms with Crippen LogP contribution in [0.4, 0.5) is 0 Å². The quantitative estimate of drug-likeness (QED) is 0.812. The molecule has 0 radical (unpaired) electrons. The van der Waals surface area contributed by atoms with E-state index in [-0.39, 0.29) is 11.7 Å². The molecule has 1 aliphatic heterocycles. The molecule has 1 saturated carbocycles. The summed E-state index contributed by atoms with van der Waals surface area (Å²) in [5.74, 6) is -1.02. The minimum Gasteiger partial charge on any atom is -0.504 e. The second kappa shape index (κ2) is 4.73. The predicted octanol–water partition coefficient (Wildman–Crippen LogP) is 3.88. The zero-order valence-electron chi connectivity index (χ0n) is 14.6. The first-order valence-electron chi connectivity index (χ1n) is 8.36. The van der Waals surface area contributed by atoms with Crippen molar-refractivity contribution in [2.45, 2.75) is 71.0 Å². The molecule has 0 bridgehead atoms. The zero-order valence-corrected chi connectivity index (χ0v) is 14.6. The van der Waals surface area contributed by atoms with Crippen molar-refractivity contribution in [1.29, 1.82) is 0 Å². The van der Waals surface area contributed by atoms with E-state index in [1.54, 1.807) is 6.07 Å². The Kier molecular flexibility index (Phi) is 3.35. The number of phenols is 1. The number of carbonyl (C=O) groups is 1. The van der Waals surface area contributed by atoms with E-state index < -0.39 is 16.6 Å². The zero-order chi connectivity index (χ0) is 17.2. The molecule has 0 amide bonds. The van der Waals surface area contributed by atoms with Gasteiger partial charge in [-0.3, -0.25) is 4.79 Å². The van der Waals surface area contributed by atoms with Gasteiger partial charge in [-0.05, 0) is 31.7 Å². The molecule has 1 aromatic rings. The summed E-state index contributed by atoms with van der Waals surface area (Å²) in [5.41, 5.74) is 0.675. The second-order valence-corrected chi connectivity index (χ2v) is 8.20. The maximum atomic E-state index is 11.7. The minimum absolute atomic E-state index is 0.0560. The van der Waals surface area contributed by atoms with Gasteiger partial charge in [0.15, 0.2) is 17.8 Å². The molecule has 126 valence electrons. The van der Waals surface area contributed by atoms with Crippen molar-refractivity contribution in [2.24, 2.45) is 5.41 Å². The van der Waals surface area contributed by atoms with Crippen LogP contribution in [-0.4, -0.2) is 22.3 Å². The SMILES string of the molecule is CC(C)c1cc(C=O)c2c(c1O)OC1(O)C(C)(C)CCCC21C. The Labute approximate surface area is 137 Å². The summed E-state index contributed by atoms with van der Waals surface area (Å²) in [6, 6.07) is 1.74. The van der Waals surface area contributed by atoms with E-state index in [0.29, 0.717) is 22.4 Å². The molecule has 0 saturated heterocycles. The van der Waals surface area contributed by atoms with Crippen molar-refractivity contribution in [3.05, 3.63) is 22.8 Å². The van der Waals surface area contributed by atoms with Crippen LogP contribution in [0.1, 0.15) is 81.3 Å². The van der Waals surface area contributed by atoms with E-state index in [4.69, 9.17) is 4.74 Å². The van der Waals surface area contributed by atoms with Gasteiger partial charge in [0.25, 0.3) is 0 Å². The maximum Gasteiger partial charge on any atom is 0.223 e. The number of aliphatic hydroxyl groups is 1. The minimum atomic E-state index is -1.43. The summed E-state index contributed by atoms with van der Waals surface area (Å²) >= 11 is 0. The summed E-state index contributed by atoms with van der Waals surface area (Å²) in [7, 11) is 0. The van der Waals surface area contributed by atoms with Crippen LogP contribution in [0.25, 0.3) is 0 Å². The Morgan fingerprint density at radius 3 is 2.48 bits per heavy atom. The largest absolute Gasteiger partial charge is 0.504 e. The Morgan fingerprint density at radius 2 is 1.91 bits per heavy atom. The van der Waals surface area contributed by atoms with E-state index >= 15 is 0 Å². The normalized spacial score (nSPS) is 31.4. The number of fused-ring (bicyclic) bond motifs is 3. The first-order valence-corrected chi connectivity index (χ1v) is 8.36. The van der Waals surface area contributed by atoms with Crippen LogP contribution in [0.3, 0.4) is 0 Å². The molecular formula is C19H26O4. The summed E-state index contributed by atoms with van der Waals surface area (Å²) < 4.78 is 6.03. The second-order valence-electron chi connectivity index (χ2n) is 8.20. The average Bonchev–Trinajstić information content (AvgIpc) is 2.71. The van der Waals surface area contributed by atoms with Gasteiger partial charge in [0.1, 0.15) is 0 Å². The monoisotopic (exact) mass is 318 g/mol. The van der Waals surface area contributed by atoms with Crippen molar-refractivity contribution in [2.75, 3.05) is 0 Å². The van der Waals surface area contributed by atoms with Crippen LogP contribution in [-0.2, 0) is 5.41 Å². The third-order valence-corrected chi connectivity index (χ3v) is 6.01. The molecule has 2 aliphatic rings. The standard InChI is InChI=1S/C19H26O4/c1-11(2)13-9-12(10-20)14-16(15(13)21)23-19(22)17(3,4)7-6-8-18(14,19)5/h9-11,21-22H,6-8H2,1-5H3. The molecular weight excluding hydrogens is 292 g/mol. The van der Waals surface area contributed by atoms with E-state index in [1.165, 1.54) is 0 Å². The number of ether oxygens (including phenoxy) is 1. The third-order valence-electron chi connectivity index (χ3n) is 6.01. The fourth-order valence-corrected chi connectivity index (χ4v) is 4.55. The van der Waals surface area contributed by atoms with Gasteiger partial charge in [-0.25, -0.2) is 0 Å². The van der Waals surface area contributed by atoms with Crippen molar-refractivity contribution in [3.63, 3.8) is 0 Å². The highest BCUT2D eigenvalue weighted by Gasteiger charge is 2.67. The maximum absolute atomic E-state index is 11.7. The van der Waals surface area contributed by atoms with Gasteiger partial charge in [-0.1, -0.05) is 34.1 Å². The van der Waals surface area contributed by atoms with Gasteiger partial charge in [-0.2, -0.15) is 0 Å². The number of hydrogen-bond acceptors (Lipinski definition) is 4. The molecule has 1 heterocycles. The third kappa shape index (κ3) is 1.84. The molecule has 1 fully saturated rings. The van der Waals surface area contributed by atoms with Crippen LogP contribution in [0.5, 0.6) is 11.5 Å². The van der Waals surface area contributed by atoms with Crippen LogP contribution < -0.4 is 4.74 Å². The van der Waals surface area contributed by atoms with Gasteiger partial charge in [-0.15, -0.1) is 0 Å². The van der Waals surface area contributed by atoms with Gasteiger partial charge < -0.3 is 14.9 Å². The molecule has 4 nitrogen and oxygen atoms in total. The van der Waals surface area contributed by atoms with Gasteiger partial charge in [0.05, 0.1) is 5.41 Å². The van der Waals surface area contributed by atoms with Gasteiger partial charge in [0.2, 0.25) is 5.79 Å². The molecule has 4 heteroatoms. The number of benzene rings is 1. The molecule has 2 unspecified atom stereocenters. The molecule has 3 rings (SSSR count). The fraction of sp³-hybridized carbons (Fsp3) is 0.632. The Morgan fingerprint density at radius 1 is 1.26 bits per heavy atom. The lowest BCUT2D eigenvalue weighted by Crippen LogP contribution is -2.62. The Balaban J connectivity index is 2.33.